The Morgan fingerprint density at radius 3 is 2.47 bits per heavy atom. The summed E-state index contributed by atoms with van der Waals surface area (Å²) >= 11 is 5.96. The van der Waals surface area contributed by atoms with E-state index in [4.69, 9.17) is 11.6 Å². The van der Waals surface area contributed by atoms with Crippen LogP contribution in [0.25, 0.3) is 0 Å². The minimum Gasteiger partial charge on any atom is -0.341 e. The van der Waals surface area contributed by atoms with Gasteiger partial charge in [-0.15, -0.1) is 0 Å². The summed E-state index contributed by atoms with van der Waals surface area (Å²) in [6, 6.07) is 15.1. The fourth-order valence-electron chi connectivity index (χ4n) is 4.19. The monoisotopic (exact) mass is 454 g/mol. The number of hydrogen-bond acceptors (Lipinski definition) is 4. The van der Waals surface area contributed by atoms with Crippen molar-refractivity contribution < 1.29 is 14.4 Å². The topological polar surface area (TPSA) is 73.0 Å². The Labute approximate surface area is 192 Å². The molecule has 2 aromatic rings. The van der Waals surface area contributed by atoms with Gasteiger partial charge in [-0.05, 0) is 36.2 Å². The minimum atomic E-state index is -0.225. The Morgan fingerprint density at radius 2 is 1.66 bits per heavy atom. The van der Waals surface area contributed by atoms with E-state index >= 15 is 0 Å². The van der Waals surface area contributed by atoms with Crippen LogP contribution < -0.4 is 10.2 Å². The summed E-state index contributed by atoms with van der Waals surface area (Å²) in [4.78, 5) is 43.2. The highest BCUT2D eigenvalue weighted by molar-refractivity contribution is 6.30. The number of carbonyl (C=O) groups excluding carboxylic acids is 3. The van der Waals surface area contributed by atoms with E-state index in [0.717, 1.165) is 31.1 Å². The van der Waals surface area contributed by atoms with Gasteiger partial charge in [-0.25, -0.2) is 0 Å². The van der Waals surface area contributed by atoms with Crippen molar-refractivity contribution in [2.75, 3.05) is 42.9 Å². The number of anilines is 2. The van der Waals surface area contributed by atoms with Crippen molar-refractivity contribution in [2.24, 2.45) is 0 Å². The number of carbonyl (C=O) groups is 3. The van der Waals surface area contributed by atoms with Crippen LogP contribution in [-0.4, -0.2) is 60.2 Å². The standard InChI is InChI=1S/C24H27ClN4O3/c25-19-8-6-18(7-9-19)16-27-12-3-13-28(15-14-27)23(31)10-11-24(32)29-17-22(30)26-20-4-1-2-5-21(20)29/h1-2,4-9H,3,10-17H2,(H,26,30). The molecule has 32 heavy (non-hydrogen) atoms. The summed E-state index contributed by atoms with van der Waals surface area (Å²) in [7, 11) is 0. The van der Waals surface area contributed by atoms with Crippen LogP contribution in [0.2, 0.25) is 5.02 Å². The molecule has 0 spiro atoms. The van der Waals surface area contributed by atoms with Crippen LogP contribution in [0, 0.1) is 0 Å². The van der Waals surface area contributed by atoms with Crippen LogP contribution in [0.4, 0.5) is 11.4 Å². The van der Waals surface area contributed by atoms with Crippen molar-refractivity contribution in [1.82, 2.24) is 9.80 Å². The lowest BCUT2D eigenvalue weighted by molar-refractivity contribution is -0.133. The Bertz CT molecular complexity index is 995. The number of fused-ring (bicyclic) bond motifs is 1. The quantitative estimate of drug-likeness (QED) is 0.753. The largest absolute Gasteiger partial charge is 0.341 e. The molecule has 7 nitrogen and oxygen atoms in total. The van der Waals surface area contributed by atoms with Crippen LogP contribution in [0.1, 0.15) is 24.8 Å². The molecule has 1 saturated heterocycles. The summed E-state index contributed by atoms with van der Waals surface area (Å²) in [6.07, 6.45) is 1.13. The molecule has 3 amide bonds. The van der Waals surface area contributed by atoms with E-state index in [0.29, 0.717) is 24.5 Å². The molecule has 1 N–H and O–H groups in total. The first-order valence-electron chi connectivity index (χ1n) is 10.9. The molecule has 2 heterocycles. The van der Waals surface area contributed by atoms with Gasteiger partial charge in [0, 0.05) is 50.6 Å². The minimum absolute atomic E-state index is 0.0126. The van der Waals surface area contributed by atoms with E-state index in [-0.39, 0.29) is 37.1 Å². The van der Waals surface area contributed by atoms with Gasteiger partial charge in [-0.1, -0.05) is 35.9 Å². The SMILES string of the molecule is O=C1CN(C(=O)CCC(=O)N2CCCN(Cc3ccc(Cl)cc3)CC2)c2ccccc2N1. The Morgan fingerprint density at radius 1 is 0.906 bits per heavy atom. The third-order valence-corrected chi connectivity index (χ3v) is 6.14. The van der Waals surface area contributed by atoms with Crippen LogP contribution in [0.5, 0.6) is 0 Å². The van der Waals surface area contributed by atoms with E-state index < -0.39 is 0 Å². The maximum Gasteiger partial charge on any atom is 0.244 e. The fourth-order valence-corrected chi connectivity index (χ4v) is 4.32. The molecule has 0 aromatic heterocycles. The number of benzene rings is 2. The first-order chi connectivity index (χ1) is 15.5. The average molecular weight is 455 g/mol. The van der Waals surface area contributed by atoms with Gasteiger partial charge >= 0.3 is 0 Å². The number of nitrogens with zero attached hydrogens (tertiary/aromatic N) is 3. The second-order valence-electron chi connectivity index (χ2n) is 8.18. The number of rotatable bonds is 5. The zero-order valence-corrected chi connectivity index (χ0v) is 18.7. The Balaban J connectivity index is 1.28. The lowest BCUT2D eigenvalue weighted by Gasteiger charge is -2.29. The predicted octanol–water partition coefficient (Wildman–Crippen LogP) is 3.14. The third kappa shape index (κ3) is 5.47. The zero-order valence-electron chi connectivity index (χ0n) is 17.9. The zero-order chi connectivity index (χ0) is 22.5. The first-order valence-corrected chi connectivity index (χ1v) is 11.3. The summed E-state index contributed by atoms with van der Waals surface area (Å²) in [5.74, 6) is -0.446. The molecule has 0 saturated carbocycles. The Kier molecular flexibility index (Phi) is 7.07. The number of para-hydroxylation sites is 2. The van der Waals surface area contributed by atoms with E-state index in [9.17, 15) is 14.4 Å². The highest BCUT2D eigenvalue weighted by Crippen LogP contribution is 2.29. The predicted molar refractivity (Wildman–Crippen MR) is 125 cm³/mol. The van der Waals surface area contributed by atoms with E-state index in [2.05, 4.69) is 10.2 Å². The molecule has 0 radical (unpaired) electrons. The van der Waals surface area contributed by atoms with E-state index in [1.165, 1.54) is 10.5 Å². The lowest BCUT2D eigenvalue weighted by Crippen LogP contribution is -2.42. The number of hydrogen-bond donors (Lipinski definition) is 1. The fraction of sp³-hybridized carbons (Fsp3) is 0.375. The Hall–Kier alpha value is -2.90. The van der Waals surface area contributed by atoms with Crippen LogP contribution >= 0.6 is 11.6 Å². The van der Waals surface area contributed by atoms with Crippen molar-refractivity contribution in [3.8, 4) is 0 Å². The molecule has 0 bridgehead atoms. The van der Waals surface area contributed by atoms with Crippen LogP contribution in [0.3, 0.4) is 0 Å². The van der Waals surface area contributed by atoms with Gasteiger partial charge in [0.05, 0.1) is 11.4 Å². The molecule has 1 fully saturated rings. The van der Waals surface area contributed by atoms with Crippen molar-refractivity contribution in [1.29, 1.82) is 0 Å². The molecular formula is C24H27ClN4O3. The second kappa shape index (κ2) is 10.1. The number of nitrogens with one attached hydrogen (secondary N) is 1. The van der Waals surface area contributed by atoms with E-state index in [1.54, 1.807) is 12.1 Å². The summed E-state index contributed by atoms with van der Waals surface area (Å²) in [6.45, 7) is 3.86. The maximum absolute atomic E-state index is 12.8. The smallest absolute Gasteiger partial charge is 0.244 e. The summed E-state index contributed by atoms with van der Waals surface area (Å²) in [5.41, 5.74) is 2.50. The van der Waals surface area contributed by atoms with Crippen LogP contribution in [-0.2, 0) is 20.9 Å². The van der Waals surface area contributed by atoms with Gasteiger partial charge in [0.15, 0.2) is 0 Å². The van der Waals surface area contributed by atoms with E-state index in [1.807, 2.05) is 41.3 Å². The van der Waals surface area contributed by atoms with Gasteiger partial charge in [0.1, 0.15) is 6.54 Å². The molecule has 8 heteroatoms. The molecular weight excluding hydrogens is 428 g/mol. The summed E-state index contributed by atoms with van der Waals surface area (Å²) < 4.78 is 0. The highest BCUT2D eigenvalue weighted by atomic mass is 35.5. The molecule has 168 valence electrons. The molecule has 2 aliphatic rings. The van der Waals surface area contributed by atoms with Gasteiger partial charge in [0.25, 0.3) is 0 Å². The van der Waals surface area contributed by atoms with Gasteiger partial charge in [0.2, 0.25) is 17.7 Å². The summed E-state index contributed by atoms with van der Waals surface area (Å²) in [5, 5.41) is 3.50. The first kappa shape index (κ1) is 22.3. The van der Waals surface area contributed by atoms with Crippen molar-refractivity contribution in [3.63, 3.8) is 0 Å². The van der Waals surface area contributed by atoms with Gasteiger partial charge in [-0.3, -0.25) is 19.3 Å². The molecule has 0 atom stereocenters. The highest BCUT2D eigenvalue weighted by Gasteiger charge is 2.27. The molecule has 0 unspecified atom stereocenters. The molecule has 2 aliphatic heterocycles. The van der Waals surface area contributed by atoms with Gasteiger partial charge in [-0.2, -0.15) is 0 Å². The maximum atomic E-state index is 12.8. The molecule has 0 aliphatic carbocycles. The number of halogens is 1. The average Bonchev–Trinajstić information content (AvgIpc) is 3.04. The van der Waals surface area contributed by atoms with Crippen molar-refractivity contribution >= 4 is 40.7 Å². The number of amides is 3. The second-order valence-corrected chi connectivity index (χ2v) is 8.62. The van der Waals surface area contributed by atoms with Crippen LogP contribution in [0.15, 0.2) is 48.5 Å². The lowest BCUT2D eigenvalue weighted by atomic mass is 10.1. The normalized spacial score (nSPS) is 16.8. The van der Waals surface area contributed by atoms with Crippen molar-refractivity contribution in [2.45, 2.75) is 25.8 Å². The molecule has 2 aromatic carbocycles. The van der Waals surface area contributed by atoms with Crippen molar-refractivity contribution in [3.05, 3.63) is 59.1 Å². The molecule has 4 rings (SSSR count). The third-order valence-electron chi connectivity index (χ3n) is 5.89. The van der Waals surface area contributed by atoms with Gasteiger partial charge < -0.3 is 15.1 Å².